The maximum atomic E-state index is 5.55. The molecule has 0 unspecified atom stereocenters. The second-order valence-electron chi connectivity index (χ2n) is 15.3. The predicted molar refractivity (Wildman–Crippen MR) is 249 cm³/mol. The molecule has 13 aromatic rings. The highest BCUT2D eigenvalue weighted by Crippen LogP contribution is 2.44. The fourth-order valence-electron chi connectivity index (χ4n) is 9.58. The molecule has 0 aliphatic heterocycles. The topological polar surface area (TPSA) is 35.6 Å². The Morgan fingerprint density at radius 2 is 1.02 bits per heavy atom. The number of nitrogens with zero attached hydrogens (tertiary/aromatic N) is 4. The van der Waals surface area contributed by atoms with E-state index >= 15 is 0 Å². The number of thiophene rings is 1. The number of hydrogen-bond acceptors (Lipinski definition) is 3. The van der Waals surface area contributed by atoms with Gasteiger partial charge in [-0.15, -0.1) is 11.3 Å². The number of hydrogen-bond donors (Lipinski definition) is 0. The monoisotopic (exact) mass is 768 g/mol. The Morgan fingerprint density at radius 1 is 0.373 bits per heavy atom. The summed E-state index contributed by atoms with van der Waals surface area (Å²) in [6, 6.07) is 70.1. The van der Waals surface area contributed by atoms with E-state index in [1.165, 1.54) is 63.7 Å². The normalized spacial score (nSPS) is 12.1. The van der Waals surface area contributed by atoms with Gasteiger partial charge in [-0.05, 0) is 70.4 Å². The third-order valence-corrected chi connectivity index (χ3v) is 13.3. The van der Waals surface area contributed by atoms with Crippen LogP contribution in [-0.4, -0.2) is 19.1 Å². The van der Waals surface area contributed by atoms with Gasteiger partial charge in [0.15, 0.2) is 0 Å². The highest BCUT2D eigenvalue weighted by atomic mass is 32.1. The highest BCUT2D eigenvalue weighted by Gasteiger charge is 2.22. The van der Waals surface area contributed by atoms with E-state index in [4.69, 9.17) is 9.97 Å². The molecule has 0 saturated heterocycles. The lowest BCUT2D eigenvalue weighted by molar-refractivity contribution is 1.01. The molecule has 9 aromatic carbocycles. The van der Waals surface area contributed by atoms with Crippen LogP contribution >= 0.6 is 11.3 Å². The minimum atomic E-state index is 0.657. The van der Waals surface area contributed by atoms with Crippen molar-refractivity contribution >= 4 is 96.8 Å². The van der Waals surface area contributed by atoms with Gasteiger partial charge in [-0.3, -0.25) is 4.57 Å². The van der Waals surface area contributed by atoms with Gasteiger partial charge >= 0.3 is 0 Å². The van der Waals surface area contributed by atoms with E-state index in [1.807, 2.05) is 11.3 Å². The first-order chi connectivity index (χ1) is 29.3. The van der Waals surface area contributed by atoms with E-state index in [9.17, 15) is 0 Å². The molecule has 0 aliphatic rings. The standard InChI is InChI=1S/C54H32N4S/c1-2-15-34(16-3-1)57-47-27-12-8-22-42(47)51-39-20-5-4-17-35(39)44(32-49(51)57)33-29-30-37-36-18-7-11-26-46(36)58(48(37)31-33)54-55-45-25-10-6-21-41(45)52(56-54)43-24-14-23-40-38-19-9-13-28-50(38)59-53(40)43/h1-32H. The predicted octanol–water partition coefficient (Wildman–Crippen LogP) is 14.7. The first kappa shape index (κ1) is 32.5. The summed E-state index contributed by atoms with van der Waals surface area (Å²) in [4.78, 5) is 10.9. The summed E-state index contributed by atoms with van der Waals surface area (Å²) >= 11 is 1.83. The summed E-state index contributed by atoms with van der Waals surface area (Å²) in [6.07, 6.45) is 0. The minimum Gasteiger partial charge on any atom is -0.309 e. The Morgan fingerprint density at radius 3 is 1.86 bits per heavy atom. The summed E-state index contributed by atoms with van der Waals surface area (Å²) in [5.74, 6) is 0.657. The van der Waals surface area contributed by atoms with E-state index in [1.54, 1.807) is 0 Å². The number of aromatic nitrogens is 4. The SMILES string of the molecule is c1ccc(-n2c3ccccc3c3c4ccccc4c(-c4ccc5c6ccccc6n(-c6nc(-c7cccc8c7sc7ccccc78)c7ccccc7n6)c5c4)cc32)cc1. The lowest BCUT2D eigenvalue weighted by Crippen LogP contribution is -2.03. The van der Waals surface area contributed by atoms with Gasteiger partial charge in [0.05, 0.1) is 33.3 Å². The van der Waals surface area contributed by atoms with Crippen molar-refractivity contribution < 1.29 is 0 Å². The molecule has 274 valence electrons. The van der Waals surface area contributed by atoms with Gasteiger partial charge < -0.3 is 4.57 Å². The van der Waals surface area contributed by atoms with Crippen molar-refractivity contribution in [3.8, 4) is 34.0 Å². The molecule has 0 amide bonds. The van der Waals surface area contributed by atoms with E-state index < -0.39 is 0 Å². The lowest BCUT2D eigenvalue weighted by atomic mass is 9.94. The Kier molecular flexibility index (Phi) is 6.85. The van der Waals surface area contributed by atoms with Crippen molar-refractivity contribution in [2.24, 2.45) is 0 Å². The van der Waals surface area contributed by atoms with Crippen LogP contribution in [0.4, 0.5) is 0 Å². The maximum absolute atomic E-state index is 5.55. The Bertz CT molecular complexity index is 3850. The second-order valence-corrected chi connectivity index (χ2v) is 16.4. The molecule has 0 radical (unpaired) electrons. The van der Waals surface area contributed by atoms with Gasteiger partial charge in [-0.2, -0.15) is 0 Å². The number of fused-ring (bicyclic) bond motifs is 12. The van der Waals surface area contributed by atoms with Crippen molar-refractivity contribution in [2.75, 3.05) is 0 Å². The molecule has 0 atom stereocenters. The average Bonchev–Trinajstić information content (AvgIpc) is 3.96. The molecule has 5 heteroatoms. The molecule has 0 N–H and O–H groups in total. The number of para-hydroxylation sites is 4. The highest BCUT2D eigenvalue weighted by molar-refractivity contribution is 7.26. The van der Waals surface area contributed by atoms with E-state index in [0.29, 0.717) is 5.95 Å². The van der Waals surface area contributed by atoms with Crippen LogP contribution in [-0.2, 0) is 0 Å². The van der Waals surface area contributed by atoms with Gasteiger partial charge in [0.2, 0.25) is 5.95 Å². The molecule has 0 bridgehead atoms. The van der Waals surface area contributed by atoms with Crippen molar-refractivity contribution in [1.29, 1.82) is 0 Å². The quantitative estimate of drug-likeness (QED) is 0.179. The van der Waals surface area contributed by atoms with Gasteiger partial charge in [-0.1, -0.05) is 146 Å². The van der Waals surface area contributed by atoms with E-state index in [-0.39, 0.29) is 0 Å². The third-order valence-electron chi connectivity index (χ3n) is 12.1. The molecule has 4 heterocycles. The first-order valence-corrected chi connectivity index (χ1v) is 20.8. The zero-order valence-corrected chi connectivity index (χ0v) is 32.5. The van der Waals surface area contributed by atoms with Crippen LogP contribution < -0.4 is 0 Å². The largest absolute Gasteiger partial charge is 0.309 e. The smallest absolute Gasteiger partial charge is 0.235 e. The summed E-state index contributed by atoms with van der Waals surface area (Å²) in [7, 11) is 0. The van der Waals surface area contributed by atoms with Crippen molar-refractivity contribution in [3.63, 3.8) is 0 Å². The summed E-state index contributed by atoms with van der Waals surface area (Å²) < 4.78 is 7.20. The van der Waals surface area contributed by atoms with E-state index in [0.717, 1.165) is 49.8 Å². The van der Waals surface area contributed by atoms with E-state index in [2.05, 4.69) is 203 Å². The van der Waals surface area contributed by atoms with Crippen LogP contribution in [0.5, 0.6) is 0 Å². The maximum Gasteiger partial charge on any atom is 0.235 e. The Labute approximate surface area is 342 Å². The molecule has 0 aliphatic carbocycles. The van der Waals surface area contributed by atoms with Crippen LogP contribution in [0.2, 0.25) is 0 Å². The fraction of sp³-hybridized carbons (Fsp3) is 0. The molecule has 13 rings (SSSR count). The Balaban J connectivity index is 1.10. The molecule has 59 heavy (non-hydrogen) atoms. The summed E-state index contributed by atoms with van der Waals surface area (Å²) in [6.45, 7) is 0. The average molecular weight is 769 g/mol. The summed E-state index contributed by atoms with van der Waals surface area (Å²) in [5.41, 5.74) is 11.0. The van der Waals surface area contributed by atoms with Gasteiger partial charge in [-0.25, -0.2) is 9.97 Å². The van der Waals surface area contributed by atoms with Crippen LogP contribution in [0.1, 0.15) is 0 Å². The molecule has 4 aromatic heterocycles. The molecule has 4 nitrogen and oxygen atoms in total. The zero-order chi connectivity index (χ0) is 38.6. The molecule has 0 saturated carbocycles. The van der Waals surface area contributed by atoms with Crippen LogP contribution in [0.25, 0.3) is 119 Å². The molecule has 0 fully saturated rings. The van der Waals surface area contributed by atoms with Gasteiger partial charge in [0, 0.05) is 58.4 Å². The van der Waals surface area contributed by atoms with Gasteiger partial charge in [0.25, 0.3) is 0 Å². The van der Waals surface area contributed by atoms with Crippen molar-refractivity contribution in [1.82, 2.24) is 19.1 Å². The zero-order valence-electron chi connectivity index (χ0n) is 31.7. The molecular weight excluding hydrogens is 737 g/mol. The van der Waals surface area contributed by atoms with Gasteiger partial charge in [0.1, 0.15) is 0 Å². The Hall–Kier alpha value is -7.60. The number of rotatable bonds is 4. The van der Waals surface area contributed by atoms with Crippen LogP contribution in [0, 0.1) is 0 Å². The number of benzene rings is 9. The van der Waals surface area contributed by atoms with Crippen LogP contribution in [0.15, 0.2) is 194 Å². The van der Waals surface area contributed by atoms with Crippen molar-refractivity contribution in [3.05, 3.63) is 194 Å². The lowest BCUT2D eigenvalue weighted by Gasteiger charge is -2.14. The van der Waals surface area contributed by atoms with Crippen molar-refractivity contribution in [2.45, 2.75) is 0 Å². The molecular formula is C54H32N4S. The molecule has 0 spiro atoms. The minimum absolute atomic E-state index is 0.657. The fourth-order valence-corrected chi connectivity index (χ4v) is 10.8. The van der Waals surface area contributed by atoms with Crippen LogP contribution in [0.3, 0.4) is 0 Å². The second kappa shape index (κ2) is 12.4. The summed E-state index contributed by atoms with van der Waals surface area (Å²) in [5, 5.41) is 10.9. The third kappa shape index (κ3) is 4.71. The first-order valence-electron chi connectivity index (χ1n) is 20.0.